The summed E-state index contributed by atoms with van der Waals surface area (Å²) < 4.78 is 1.80. The van der Waals surface area contributed by atoms with Crippen LogP contribution in [0, 0.1) is 0 Å². The van der Waals surface area contributed by atoms with Crippen LogP contribution in [0.25, 0.3) is 28.5 Å². The van der Waals surface area contributed by atoms with E-state index in [1.807, 2.05) is 66.7 Å². The van der Waals surface area contributed by atoms with E-state index in [0.717, 1.165) is 35.7 Å². The second-order valence-electron chi connectivity index (χ2n) is 6.34. The van der Waals surface area contributed by atoms with Crippen LogP contribution in [0.4, 0.5) is 5.69 Å². The Morgan fingerprint density at radius 2 is 1.54 bits per heavy atom. The molecule has 0 unspecified atom stereocenters. The lowest BCUT2D eigenvalue weighted by Crippen LogP contribution is -2.16. The molecule has 5 nitrogen and oxygen atoms in total. The van der Waals surface area contributed by atoms with Gasteiger partial charge in [0.25, 0.3) is 0 Å². The molecule has 1 saturated heterocycles. The second kappa shape index (κ2) is 5.81. The summed E-state index contributed by atoms with van der Waals surface area (Å²) in [4.78, 5) is 19.3. The molecule has 0 saturated carbocycles. The Morgan fingerprint density at radius 1 is 0.846 bits per heavy atom. The number of anilines is 1. The first-order valence-corrected chi connectivity index (χ1v) is 8.60. The van der Waals surface area contributed by atoms with Crippen molar-refractivity contribution in [2.24, 2.45) is 0 Å². The van der Waals surface area contributed by atoms with Crippen LogP contribution in [0.1, 0.15) is 0 Å². The first kappa shape index (κ1) is 14.8. The molecule has 0 N–H and O–H groups in total. The third-order valence-corrected chi connectivity index (χ3v) is 4.53. The molecule has 5 rings (SSSR count). The molecule has 0 spiro atoms. The molecule has 2 aromatic rings. The third kappa shape index (κ3) is 2.54. The molecule has 5 heteroatoms. The lowest BCUT2D eigenvalue weighted by atomic mass is 10.1. The van der Waals surface area contributed by atoms with E-state index in [9.17, 15) is 4.79 Å². The Kier molecular flexibility index (Phi) is 3.31. The van der Waals surface area contributed by atoms with E-state index in [1.165, 1.54) is 0 Å². The van der Waals surface area contributed by atoms with Gasteiger partial charge in [0.05, 0.1) is 22.8 Å². The van der Waals surface area contributed by atoms with E-state index in [2.05, 4.69) is 4.90 Å². The number of benzene rings is 3. The maximum Gasteiger partial charge on any atom is 0.204 e. The lowest BCUT2D eigenvalue weighted by molar-refractivity contribution is 0.827. The van der Waals surface area contributed by atoms with Crippen molar-refractivity contribution in [1.29, 1.82) is 0 Å². The molecule has 2 aromatic carbocycles. The first-order valence-electron chi connectivity index (χ1n) is 8.60. The SMILES string of the molecule is O=c1cc2n(-c3ccccc3)nc(-c3ccccc3)nc-2cc1N1CC1. The van der Waals surface area contributed by atoms with Gasteiger partial charge in [0.1, 0.15) is 0 Å². The molecular weight excluding hydrogens is 324 g/mol. The third-order valence-electron chi connectivity index (χ3n) is 4.53. The molecular formula is C21H16N4O. The smallest absolute Gasteiger partial charge is 0.204 e. The molecule has 2 heterocycles. The fourth-order valence-corrected chi connectivity index (χ4v) is 3.10. The quantitative estimate of drug-likeness (QED) is 0.537. The summed E-state index contributed by atoms with van der Waals surface area (Å²) in [5.41, 5.74) is 4.05. The highest BCUT2D eigenvalue weighted by Gasteiger charge is 2.24. The van der Waals surface area contributed by atoms with Crippen molar-refractivity contribution in [3.05, 3.63) is 83.0 Å². The van der Waals surface area contributed by atoms with Gasteiger partial charge in [-0.25, -0.2) is 9.67 Å². The first-order chi connectivity index (χ1) is 12.8. The molecule has 3 aliphatic rings. The second-order valence-corrected chi connectivity index (χ2v) is 6.34. The van der Waals surface area contributed by atoms with E-state index in [1.54, 1.807) is 10.7 Å². The maximum atomic E-state index is 12.5. The van der Waals surface area contributed by atoms with Crippen molar-refractivity contribution in [3.8, 4) is 28.5 Å². The van der Waals surface area contributed by atoms with Crippen molar-refractivity contribution in [2.75, 3.05) is 18.0 Å². The largest absolute Gasteiger partial charge is 0.365 e. The zero-order valence-corrected chi connectivity index (χ0v) is 14.0. The Bertz CT molecular complexity index is 1100. The summed E-state index contributed by atoms with van der Waals surface area (Å²) in [5, 5.41) is 4.73. The van der Waals surface area contributed by atoms with Crippen LogP contribution in [0.3, 0.4) is 0 Å². The molecule has 2 aliphatic heterocycles. The minimum atomic E-state index is 0.00995. The van der Waals surface area contributed by atoms with Gasteiger partial charge in [0.15, 0.2) is 5.82 Å². The van der Waals surface area contributed by atoms with Gasteiger partial charge in [-0.1, -0.05) is 48.5 Å². The molecule has 0 aromatic heterocycles. The predicted molar refractivity (Wildman–Crippen MR) is 102 cm³/mol. The molecule has 0 bridgehead atoms. The van der Waals surface area contributed by atoms with Gasteiger partial charge in [-0.05, 0) is 18.2 Å². The summed E-state index contributed by atoms with van der Waals surface area (Å²) >= 11 is 0. The number of hydrogen-bond donors (Lipinski definition) is 0. The van der Waals surface area contributed by atoms with Gasteiger partial charge < -0.3 is 4.90 Å². The molecule has 0 amide bonds. The number of fused-ring (bicyclic) bond motifs is 1. The van der Waals surface area contributed by atoms with E-state index in [0.29, 0.717) is 11.5 Å². The van der Waals surface area contributed by atoms with E-state index in [4.69, 9.17) is 10.1 Å². The highest BCUT2D eigenvalue weighted by Crippen LogP contribution is 2.28. The molecule has 1 aliphatic carbocycles. The van der Waals surface area contributed by atoms with Crippen LogP contribution in [-0.2, 0) is 0 Å². The zero-order chi connectivity index (χ0) is 17.5. The fraction of sp³-hybridized carbons (Fsp3) is 0.0952. The highest BCUT2D eigenvalue weighted by molar-refractivity contribution is 5.70. The summed E-state index contributed by atoms with van der Waals surface area (Å²) in [6, 6.07) is 23.3. The summed E-state index contributed by atoms with van der Waals surface area (Å²) in [5.74, 6) is 0.636. The van der Waals surface area contributed by atoms with Gasteiger partial charge in [-0.2, -0.15) is 0 Å². The number of rotatable bonds is 3. The van der Waals surface area contributed by atoms with Crippen LogP contribution >= 0.6 is 0 Å². The Morgan fingerprint density at radius 3 is 2.23 bits per heavy atom. The molecule has 0 radical (unpaired) electrons. The van der Waals surface area contributed by atoms with Crippen molar-refractivity contribution in [1.82, 2.24) is 14.8 Å². The lowest BCUT2D eigenvalue weighted by Gasteiger charge is -2.17. The van der Waals surface area contributed by atoms with Crippen LogP contribution < -0.4 is 10.3 Å². The van der Waals surface area contributed by atoms with Gasteiger partial charge in [-0.15, -0.1) is 5.10 Å². The van der Waals surface area contributed by atoms with Crippen LogP contribution in [0.5, 0.6) is 0 Å². The minimum Gasteiger partial charge on any atom is -0.365 e. The number of nitrogens with zero attached hydrogens (tertiary/aromatic N) is 4. The highest BCUT2D eigenvalue weighted by atomic mass is 16.1. The summed E-state index contributed by atoms with van der Waals surface area (Å²) in [6.45, 7) is 1.85. The summed E-state index contributed by atoms with van der Waals surface area (Å²) in [6.07, 6.45) is 0. The van der Waals surface area contributed by atoms with Crippen molar-refractivity contribution in [2.45, 2.75) is 0 Å². The Labute approximate surface area is 150 Å². The minimum absolute atomic E-state index is 0.00995. The molecule has 126 valence electrons. The fourth-order valence-electron chi connectivity index (χ4n) is 3.10. The van der Waals surface area contributed by atoms with Gasteiger partial charge >= 0.3 is 0 Å². The number of hydrogen-bond acceptors (Lipinski definition) is 4. The monoisotopic (exact) mass is 340 g/mol. The molecule has 26 heavy (non-hydrogen) atoms. The van der Waals surface area contributed by atoms with Gasteiger partial charge in [0, 0.05) is 24.7 Å². The van der Waals surface area contributed by atoms with Crippen LogP contribution in [-0.4, -0.2) is 27.9 Å². The van der Waals surface area contributed by atoms with E-state index >= 15 is 0 Å². The normalized spacial score (nSPS) is 13.2. The average Bonchev–Trinajstić information content (AvgIpc) is 3.53. The number of aromatic nitrogens is 3. The standard InChI is InChI=1S/C21H16N4O/c26-20-14-18-17(13-19(20)24-11-12-24)22-21(15-7-3-1-4-8-15)23-25(18)16-9-5-2-6-10-16/h1-10,13-14H,11-12H2. The van der Waals surface area contributed by atoms with Gasteiger partial charge in [-0.3, -0.25) is 4.79 Å². The van der Waals surface area contributed by atoms with Crippen LogP contribution in [0.15, 0.2) is 77.6 Å². The predicted octanol–water partition coefficient (Wildman–Crippen LogP) is 3.22. The topological polar surface area (TPSA) is 50.8 Å². The average molecular weight is 340 g/mol. The Balaban J connectivity index is 1.81. The van der Waals surface area contributed by atoms with E-state index < -0.39 is 0 Å². The zero-order valence-electron chi connectivity index (χ0n) is 14.0. The molecule has 0 atom stereocenters. The van der Waals surface area contributed by atoms with Crippen molar-refractivity contribution >= 4 is 5.69 Å². The Hall–Kier alpha value is -3.47. The van der Waals surface area contributed by atoms with Crippen molar-refractivity contribution < 1.29 is 0 Å². The molecule has 1 fully saturated rings. The van der Waals surface area contributed by atoms with Gasteiger partial charge in [0.2, 0.25) is 5.43 Å². The van der Waals surface area contributed by atoms with Crippen LogP contribution in [0.2, 0.25) is 0 Å². The number of para-hydroxylation sites is 1. The summed E-state index contributed by atoms with van der Waals surface area (Å²) in [7, 11) is 0. The maximum absolute atomic E-state index is 12.5. The van der Waals surface area contributed by atoms with E-state index in [-0.39, 0.29) is 5.43 Å². The van der Waals surface area contributed by atoms with Crippen molar-refractivity contribution in [3.63, 3.8) is 0 Å².